The highest BCUT2D eigenvalue weighted by atomic mass is 16.5. The molecule has 1 fully saturated rings. The summed E-state index contributed by atoms with van der Waals surface area (Å²) < 4.78 is 11.1. The molecule has 150 valence electrons. The summed E-state index contributed by atoms with van der Waals surface area (Å²) in [5, 5.41) is 4.13. The highest BCUT2D eigenvalue weighted by Gasteiger charge is 2.33. The lowest BCUT2D eigenvalue weighted by molar-refractivity contribution is -0.00577. The van der Waals surface area contributed by atoms with E-state index in [4.69, 9.17) is 9.26 Å². The van der Waals surface area contributed by atoms with Crippen LogP contribution in [0.1, 0.15) is 27.8 Å². The Morgan fingerprint density at radius 2 is 2.00 bits per heavy atom. The van der Waals surface area contributed by atoms with Crippen LogP contribution in [0.25, 0.3) is 11.5 Å². The molecular weight excluding hydrogens is 368 g/mol. The van der Waals surface area contributed by atoms with E-state index in [0.717, 1.165) is 17.7 Å². The summed E-state index contributed by atoms with van der Waals surface area (Å²) in [6.07, 6.45) is 0. The third-order valence-corrected chi connectivity index (χ3v) is 4.82. The van der Waals surface area contributed by atoms with E-state index < -0.39 is 0 Å². The number of amides is 1. The molecule has 29 heavy (non-hydrogen) atoms. The van der Waals surface area contributed by atoms with Crippen LogP contribution in [-0.4, -0.2) is 59.7 Å². The van der Waals surface area contributed by atoms with Crippen molar-refractivity contribution in [2.45, 2.75) is 12.6 Å². The number of rotatable bonds is 5. The number of morpholine rings is 1. The second-order valence-corrected chi connectivity index (χ2v) is 7.35. The Balaban J connectivity index is 1.58. The molecule has 7 heteroatoms. The Hall–Kier alpha value is -3.03. The van der Waals surface area contributed by atoms with Gasteiger partial charge in [-0.15, -0.1) is 0 Å². The molecular formula is C22H24N4O3. The molecule has 4 rings (SSSR count). The van der Waals surface area contributed by atoms with Gasteiger partial charge in [0.25, 0.3) is 11.8 Å². The standard InChI is InChI=1S/C22H24N4O3/c1-25(2)14-16-7-6-10-18(13-16)22(27)26-11-12-28-15-19(26)20-23-21(29-24-20)17-8-4-3-5-9-17/h3-10,13,19H,11-12,14-15H2,1-2H3/t19-/m1/s1. The molecule has 1 aliphatic rings. The summed E-state index contributed by atoms with van der Waals surface area (Å²) in [5.41, 5.74) is 2.59. The molecule has 1 aromatic heterocycles. The van der Waals surface area contributed by atoms with Gasteiger partial charge in [0.2, 0.25) is 0 Å². The van der Waals surface area contributed by atoms with Crippen LogP contribution in [0.15, 0.2) is 59.1 Å². The molecule has 3 aromatic rings. The van der Waals surface area contributed by atoms with E-state index >= 15 is 0 Å². The Bertz CT molecular complexity index is 971. The fourth-order valence-corrected chi connectivity index (χ4v) is 3.46. The average Bonchev–Trinajstić information content (AvgIpc) is 3.24. The van der Waals surface area contributed by atoms with Crippen molar-refractivity contribution < 1.29 is 14.1 Å². The highest BCUT2D eigenvalue weighted by molar-refractivity contribution is 5.94. The maximum atomic E-state index is 13.3. The van der Waals surface area contributed by atoms with Crippen molar-refractivity contribution in [3.8, 4) is 11.5 Å². The zero-order valence-electron chi connectivity index (χ0n) is 16.6. The van der Waals surface area contributed by atoms with Crippen molar-refractivity contribution in [1.82, 2.24) is 19.9 Å². The van der Waals surface area contributed by atoms with Crippen molar-refractivity contribution >= 4 is 5.91 Å². The second-order valence-electron chi connectivity index (χ2n) is 7.35. The molecule has 0 radical (unpaired) electrons. The largest absolute Gasteiger partial charge is 0.377 e. The smallest absolute Gasteiger partial charge is 0.257 e. The van der Waals surface area contributed by atoms with Gasteiger partial charge in [-0.25, -0.2) is 0 Å². The van der Waals surface area contributed by atoms with Gasteiger partial charge < -0.3 is 19.1 Å². The minimum atomic E-state index is -0.380. The fourth-order valence-electron chi connectivity index (χ4n) is 3.46. The Labute approximate surface area is 169 Å². The summed E-state index contributed by atoms with van der Waals surface area (Å²) in [6, 6.07) is 16.9. The number of aromatic nitrogens is 2. The van der Waals surface area contributed by atoms with Gasteiger partial charge in [-0.3, -0.25) is 4.79 Å². The van der Waals surface area contributed by atoms with Crippen LogP contribution in [-0.2, 0) is 11.3 Å². The molecule has 2 aromatic carbocycles. The number of ether oxygens (including phenoxy) is 1. The third kappa shape index (κ3) is 4.36. The lowest BCUT2D eigenvalue weighted by Crippen LogP contribution is -2.43. The van der Waals surface area contributed by atoms with Crippen molar-refractivity contribution in [2.75, 3.05) is 33.9 Å². The van der Waals surface area contributed by atoms with Gasteiger partial charge in [-0.1, -0.05) is 35.5 Å². The van der Waals surface area contributed by atoms with Gasteiger partial charge in [0.1, 0.15) is 6.04 Å². The van der Waals surface area contributed by atoms with Crippen molar-refractivity contribution in [1.29, 1.82) is 0 Å². The Morgan fingerprint density at radius 1 is 1.17 bits per heavy atom. The summed E-state index contributed by atoms with van der Waals surface area (Å²) in [6.45, 7) is 2.09. The molecule has 7 nitrogen and oxygen atoms in total. The first kappa shape index (κ1) is 19.3. The summed E-state index contributed by atoms with van der Waals surface area (Å²) in [7, 11) is 4.01. The van der Waals surface area contributed by atoms with Crippen LogP contribution in [0.4, 0.5) is 0 Å². The summed E-state index contributed by atoms with van der Waals surface area (Å²) in [4.78, 5) is 21.6. The molecule has 0 bridgehead atoms. The van der Waals surface area contributed by atoms with Gasteiger partial charge in [-0.05, 0) is 43.9 Å². The van der Waals surface area contributed by atoms with Gasteiger partial charge >= 0.3 is 0 Å². The van der Waals surface area contributed by atoms with E-state index in [0.29, 0.717) is 37.0 Å². The van der Waals surface area contributed by atoms with Crippen molar-refractivity contribution in [3.05, 3.63) is 71.5 Å². The predicted molar refractivity (Wildman–Crippen MR) is 108 cm³/mol. The molecule has 0 N–H and O–H groups in total. The van der Waals surface area contributed by atoms with Gasteiger partial charge in [0, 0.05) is 24.2 Å². The van der Waals surface area contributed by atoms with E-state index in [9.17, 15) is 4.79 Å². The van der Waals surface area contributed by atoms with E-state index in [1.165, 1.54) is 0 Å². The lowest BCUT2D eigenvalue weighted by Gasteiger charge is -2.33. The predicted octanol–water partition coefficient (Wildman–Crippen LogP) is 3.01. The molecule has 1 saturated heterocycles. The van der Waals surface area contributed by atoms with Crippen molar-refractivity contribution in [3.63, 3.8) is 0 Å². The van der Waals surface area contributed by atoms with E-state index in [1.54, 1.807) is 4.90 Å². The van der Waals surface area contributed by atoms with Crippen LogP contribution in [0, 0.1) is 0 Å². The molecule has 1 atom stereocenters. The zero-order chi connectivity index (χ0) is 20.2. The summed E-state index contributed by atoms with van der Waals surface area (Å²) in [5.74, 6) is 0.845. The first-order chi connectivity index (χ1) is 14.1. The molecule has 1 amide bonds. The maximum absolute atomic E-state index is 13.3. The van der Waals surface area contributed by atoms with Crippen LogP contribution in [0.3, 0.4) is 0 Å². The van der Waals surface area contributed by atoms with Crippen LogP contribution < -0.4 is 0 Å². The lowest BCUT2D eigenvalue weighted by atomic mass is 10.1. The molecule has 0 unspecified atom stereocenters. The Kier molecular flexibility index (Phi) is 5.69. The van der Waals surface area contributed by atoms with Gasteiger partial charge in [0.15, 0.2) is 5.82 Å². The van der Waals surface area contributed by atoms with Crippen LogP contribution in [0.2, 0.25) is 0 Å². The number of carbonyl (C=O) groups excluding carboxylic acids is 1. The number of nitrogens with zero attached hydrogens (tertiary/aromatic N) is 4. The zero-order valence-corrected chi connectivity index (χ0v) is 16.6. The fraction of sp³-hybridized carbons (Fsp3) is 0.318. The maximum Gasteiger partial charge on any atom is 0.257 e. The quantitative estimate of drug-likeness (QED) is 0.665. The SMILES string of the molecule is CN(C)Cc1cccc(C(=O)N2CCOC[C@@H]2c2noc(-c3ccccc3)n2)c1. The molecule has 2 heterocycles. The number of carbonyl (C=O) groups is 1. The van der Waals surface area contributed by atoms with E-state index in [1.807, 2.05) is 68.7 Å². The summed E-state index contributed by atoms with van der Waals surface area (Å²) >= 11 is 0. The molecule has 1 aliphatic heterocycles. The minimum Gasteiger partial charge on any atom is -0.377 e. The Morgan fingerprint density at radius 3 is 2.79 bits per heavy atom. The molecule has 0 saturated carbocycles. The molecule has 0 aliphatic carbocycles. The first-order valence-corrected chi connectivity index (χ1v) is 9.63. The normalized spacial score (nSPS) is 16.9. The van der Waals surface area contributed by atoms with Crippen LogP contribution >= 0.6 is 0 Å². The van der Waals surface area contributed by atoms with Gasteiger partial charge in [0.05, 0.1) is 13.2 Å². The third-order valence-electron chi connectivity index (χ3n) is 4.82. The molecule has 0 spiro atoms. The topological polar surface area (TPSA) is 71.7 Å². The minimum absolute atomic E-state index is 0.0510. The van der Waals surface area contributed by atoms with E-state index in [2.05, 4.69) is 15.0 Å². The monoisotopic (exact) mass is 392 g/mol. The highest BCUT2D eigenvalue weighted by Crippen LogP contribution is 2.26. The van der Waals surface area contributed by atoms with Crippen LogP contribution in [0.5, 0.6) is 0 Å². The van der Waals surface area contributed by atoms with Gasteiger partial charge in [-0.2, -0.15) is 4.98 Å². The second kappa shape index (κ2) is 8.55. The number of hydrogen-bond donors (Lipinski definition) is 0. The number of benzene rings is 2. The van der Waals surface area contributed by atoms with E-state index in [-0.39, 0.29) is 11.9 Å². The number of hydrogen-bond acceptors (Lipinski definition) is 6. The average molecular weight is 392 g/mol. The first-order valence-electron chi connectivity index (χ1n) is 9.63. The van der Waals surface area contributed by atoms with Crippen molar-refractivity contribution in [2.24, 2.45) is 0 Å².